The van der Waals surface area contributed by atoms with E-state index in [0.29, 0.717) is 19.1 Å². The van der Waals surface area contributed by atoms with Crippen LogP contribution in [0.2, 0.25) is 0 Å². The van der Waals surface area contributed by atoms with Crippen LogP contribution in [-0.2, 0) is 9.53 Å². The molecule has 0 radical (unpaired) electrons. The molecule has 1 amide bonds. The molecule has 0 fully saturated rings. The summed E-state index contributed by atoms with van der Waals surface area (Å²) < 4.78 is 5.44. The van der Waals surface area contributed by atoms with Gasteiger partial charge in [0.25, 0.3) is 0 Å². The molecular formula is C12H26N2O2. The van der Waals surface area contributed by atoms with Crippen LogP contribution >= 0.6 is 0 Å². The molecule has 0 spiro atoms. The Morgan fingerprint density at radius 3 is 2.50 bits per heavy atom. The molecule has 0 aliphatic rings. The Hall–Kier alpha value is -0.610. The molecule has 16 heavy (non-hydrogen) atoms. The molecule has 0 aromatic heterocycles. The topological polar surface area (TPSA) is 50.4 Å². The standard InChI is InChI=1S/C12H26N2O2/c1-5-13-7-8-14-12(15)11(4)16-9-6-10(2)3/h10-11,13H,5-9H2,1-4H3,(H,14,15). The minimum absolute atomic E-state index is 0.0262. The first-order chi connectivity index (χ1) is 7.57. The van der Waals surface area contributed by atoms with Gasteiger partial charge in [0.05, 0.1) is 0 Å². The van der Waals surface area contributed by atoms with Crippen molar-refractivity contribution in [3.05, 3.63) is 0 Å². The molecule has 0 bridgehead atoms. The number of carbonyl (C=O) groups excluding carboxylic acids is 1. The minimum Gasteiger partial charge on any atom is -0.369 e. The minimum atomic E-state index is -0.347. The Bertz CT molecular complexity index is 184. The second-order valence-corrected chi connectivity index (χ2v) is 4.34. The first kappa shape index (κ1) is 15.4. The van der Waals surface area contributed by atoms with Gasteiger partial charge in [0.2, 0.25) is 5.91 Å². The van der Waals surface area contributed by atoms with E-state index in [9.17, 15) is 4.79 Å². The number of ether oxygens (including phenoxy) is 1. The summed E-state index contributed by atoms with van der Waals surface area (Å²) in [5, 5.41) is 5.97. The normalized spacial score (nSPS) is 12.8. The maximum Gasteiger partial charge on any atom is 0.248 e. The first-order valence-corrected chi connectivity index (χ1v) is 6.18. The summed E-state index contributed by atoms with van der Waals surface area (Å²) in [6, 6.07) is 0. The molecule has 0 aliphatic carbocycles. The highest BCUT2D eigenvalue weighted by Gasteiger charge is 2.12. The van der Waals surface area contributed by atoms with Gasteiger partial charge in [-0.25, -0.2) is 0 Å². The van der Waals surface area contributed by atoms with Crippen LogP contribution in [0.1, 0.15) is 34.1 Å². The lowest BCUT2D eigenvalue weighted by Crippen LogP contribution is -2.38. The van der Waals surface area contributed by atoms with Gasteiger partial charge in [-0.1, -0.05) is 20.8 Å². The van der Waals surface area contributed by atoms with Gasteiger partial charge in [-0.05, 0) is 25.8 Å². The molecule has 0 aliphatic heterocycles. The Morgan fingerprint density at radius 1 is 1.25 bits per heavy atom. The van der Waals surface area contributed by atoms with E-state index in [1.54, 1.807) is 6.92 Å². The molecule has 0 aromatic carbocycles. The van der Waals surface area contributed by atoms with Gasteiger partial charge in [-0.15, -0.1) is 0 Å². The van der Waals surface area contributed by atoms with Crippen molar-refractivity contribution < 1.29 is 9.53 Å². The third-order valence-electron chi connectivity index (χ3n) is 2.28. The summed E-state index contributed by atoms with van der Waals surface area (Å²) in [5.74, 6) is 0.589. The molecule has 4 nitrogen and oxygen atoms in total. The fourth-order valence-corrected chi connectivity index (χ4v) is 1.15. The average Bonchev–Trinajstić information content (AvgIpc) is 2.23. The Kier molecular flexibility index (Phi) is 9.24. The summed E-state index contributed by atoms with van der Waals surface area (Å²) in [4.78, 5) is 11.5. The zero-order valence-electron chi connectivity index (χ0n) is 11.0. The third kappa shape index (κ3) is 8.68. The number of hydrogen-bond acceptors (Lipinski definition) is 3. The lowest BCUT2D eigenvalue weighted by Gasteiger charge is -2.14. The average molecular weight is 230 g/mol. The molecule has 4 heteroatoms. The molecule has 0 heterocycles. The van der Waals surface area contributed by atoms with Crippen molar-refractivity contribution in [3.8, 4) is 0 Å². The highest BCUT2D eigenvalue weighted by atomic mass is 16.5. The van der Waals surface area contributed by atoms with Crippen molar-refractivity contribution in [3.63, 3.8) is 0 Å². The van der Waals surface area contributed by atoms with Crippen LogP contribution in [0.25, 0.3) is 0 Å². The van der Waals surface area contributed by atoms with Crippen LogP contribution < -0.4 is 10.6 Å². The predicted octanol–water partition coefficient (Wildman–Crippen LogP) is 1.16. The molecule has 1 atom stereocenters. The highest BCUT2D eigenvalue weighted by Crippen LogP contribution is 2.01. The maximum absolute atomic E-state index is 11.5. The van der Waals surface area contributed by atoms with E-state index in [-0.39, 0.29) is 12.0 Å². The van der Waals surface area contributed by atoms with Gasteiger partial charge in [-0.3, -0.25) is 4.79 Å². The fourth-order valence-electron chi connectivity index (χ4n) is 1.15. The van der Waals surface area contributed by atoms with Crippen molar-refractivity contribution in [1.82, 2.24) is 10.6 Å². The quantitative estimate of drug-likeness (QED) is 0.584. The van der Waals surface area contributed by atoms with Gasteiger partial charge in [0, 0.05) is 19.7 Å². The van der Waals surface area contributed by atoms with Crippen molar-refractivity contribution >= 4 is 5.91 Å². The van der Waals surface area contributed by atoms with E-state index in [1.165, 1.54) is 0 Å². The zero-order valence-corrected chi connectivity index (χ0v) is 11.0. The summed E-state index contributed by atoms with van der Waals surface area (Å²) in [7, 11) is 0. The van der Waals surface area contributed by atoms with Gasteiger partial charge < -0.3 is 15.4 Å². The Morgan fingerprint density at radius 2 is 1.94 bits per heavy atom. The summed E-state index contributed by atoms with van der Waals surface area (Å²) >= 11 is 0. The molecule has 1 unspecified atom stereocenters. The smallest absolute Gasteiger partial charge is 0.248 e. The van der Waals surface area contributed by atoms with Gasteiger partial charge in [0.15, 0.2) is 0 Å². The summed E-state index contributed by atoms with van der Waals surface area (Å²) in [5.41, 5.74) is 0. The van der Waals surface area contributed by atoms with Crippen LogP contribution in [0.5, 0.6) is 0 Å². The van der Waals surface area contributed by atoms with Crippen LogP contribution in [0.3, 0.4) is 0 Å². The number of nitrogens with one attached hydrogen (secondary N) is 2. The summed E-state index contributed by atoms with van der Waals surface area (Å²) in [6.07, 6.45) is 0.648. The molecule has 0 aromatic rings. The molecular weight excluding hydrogens is 204 g/mol. The highest BCUT2D eigenvalue weighted by molar-refractivity contribution is 5.80. The lowest BCUT2D eigenvalue weighted by molar-refractivity contribution is -0.131. The number of amides is 1. The number of carbonyl (C=O) groups is 1. The monoisotopic (exact) mass is 230 g/mol. The van der Waals surface area contributed by atoms with Crippen molar-refractivity contribution in [2.75, 3.05) is 26.2 Å². The number of hydrogen-bond donors (Lipinski definition) is 2. The van der Waals surface area contributed by atoms with E-state index >= 15 is 0 Å². The molecule has 96 valence electrons. The van der Waals surface area contributed by atoms with Gasteiger partial charge in [-0.2, -0.15) is 0 Å². The molecule has 0 rings (SSSR count). The largest absolute Gasteiger partial charge is 0.369 e. The van der Waals surface area contributed by atoms with E-state index in [0.717, 1.165) is 19.5 Å². The van der Waals surface area contributed by atoms with Crippen LogP contribution in [0, 0.1) is 5.92 Å². The fraction of sp³-hybridized carbons (Fsp3) is 0.917. The van der Waals surface area contributed by atoms with E-state index < -0.39 is 0 Å². The SMILES string of the molecule is CCNCCNC(=O)C(C)OCCC(C)C. The Balaban J connectivity index is 3.49. The van der Waals surface area contributed by atoms with Crippen molar-refractivity contribution in [2.45, 2.75) is 40.2 Å². The Labute approximate surface area is 99.1 Å². The van der Waals surface area contributed by atoms with E-state index in [4.69, 9.17) is 4.74 Å². The van der Waals surface area contributed by atoms with Crippen molar-refractivity contribution in [2.24, 2.45) is 5.92 Å². The van der Waals surface area contributed by atoms with Crippen LogP contribution in [-0.4, -0.2) is 38.3 Å². The third-order valence-corrected chi connectivity index (χ3v) is 2.28. The van der Waals surface area contributed by atoms with Crippen LogP contribution in [0.15, 0.2) is 0 Å². The van der Waals surface area contributed by atoms with Crippen molar-refractivity contribution in [1.29, 1.82) is 0 Å². The molecule has 0 saturated carbocycles. The van der Waals surface area contributed by atoms with Gasteiger partial charge in [0.1, 0.15) is 6.10 Å². The second-order valence-electron chi connectivity index (χ2n) is 4.34. The summed E-state index contributed by atoms with van der Waals surface area (Å²) in [6.45, 7) is 11.2. The lowest BCUT2D eigenvalue weighted by atomic mass is 10.1. The first-order valence-electron chi connectivity index (χ1n) is 6.18. The van der Waals surface area contributed by atoms with E-state index in [2.05, 4.69) is 24.5 Å². The number of likely N-dealkylation sites (N-methyl/N-ethyl adjacent to an activating group) is 1. The van der Waals surface area contributed by atoms with E-state index in [1.807, 2.05) is 6.92 Å². The molecule has 2 N–H and O–H groups in total. The second kappa shape index (κ2) is 9.60. The number of rotatable bonds is 9. The maximum atomic E-state index is 11.5. The predicted molar refractivity (Wildman–Crippen MR) is 66.4 cm³/mol. The molecule has 0 saturated heterocycles. The van der Waals surface area contributed by atoms with Crippen LogP contribution in [0.4, 0.5) is 0 Å². The van der Waals surface area contributed by atoms with Gasteiger partial charge >= 0.3 is 0 Å². The zero-order chi connectivity index (χ0) is 12.4.